The van der Waals surface area contributed by atoms with Gasteiger partial charge in [-0.2, -0.15) is 0 Å². The standard InChI is InChI=1S/C23H22N2O5S2/c1-11-5-6-16-15(8-19(26)30-17(16)7-11)9-29-23(28)14(4)31-10-18-24-21(27)20-12(2)13(3)32-22(20)25-18/h5-8,14H,9-10H2,1-4H3,(H,24,25,27)/t14-/m1/s1. The molecule has 0 fully saturated rings. The van der Waals surface area contributed by atoms with Crippen molar-refractivity contribution in [3.63, 3.8) is 0 Å². The number of thioether (sulfide) groups is 1. The van der Waals surface area contributed by atoms with Gasteiger partial charge in [0.1, 0.15) is 28.1 Å². The summed E-state index contributed by atoms with van der Waals surface area (Å²) in [6.07, 6.45) is 0. The lowest BCUT2D eigenvalue weighted by Gasteiger charge is -2.12. The fourth-order valence-corrected chi connectivity index (χ4v) is 5.16. The molecule has 0 amide bonds. The van der Waals surface area contributed by atoms with Gasteiger partial charge in [0.05, 0.1) is 11.1 Å². The maximum absolute atomic E-state index is 12.5. The van der Waals surface area contributed by atoms with E-state index in [2.05, 4.69) is 9.97 Å². The highest BCUT2D eigenvalue weighted by Gasteiger charge is 2.18. The summed E-state index contributed by atoms with van der Waals surface area (Å²) >= 11 is 2.82. The van der Waals surface area contributed by atoms with Gasteiger partial charge in [0.25, 0.3) is 5.56 Å². The van der Waals surface area contributed by atoms with E-state index in [-0.39, 0.29) is 12.2 Å². The molecule has 32 heavy (non-hydrogen) atoms. The third kappa shape index (κ3) is 4.49. The smallest absolute Gasteiger partial charge is 0.336 e. The molecule has 9 heteroatoms. The lowest BCUT2D eigenvalue weighted by molar-refractivity contribution is -0.143. The number of carbonyl (C=O) groups excluding carboxylic acids is 1. The molecule has 4 rings (SSSR count). The second-order valence-corrected chi connectivity index (χ2v) is 10.2. The summed E-state index contributed by atoms with van der Waals surface area (Å²) < 4.78 is 10.7. The number of benzene rings is 1. The van der Waals surface area contributed by atoms with Gasteiger partial charge in [0.2, 0.25) is 0 Å². The first-order valence-electron chi connectivity index (χ1n) is 10.0. The van der Waals surface area contributed by atoms with E-state index in [9.17, 15) is 14.4 Å². The van der Waals surface area contributed by atoms with Crippen LogP contribution < -0.4 is 11.2 Å². The topological polar surface area (TPSA) is 102 Å². The molecule has 166 valence electrons. The lowest BCUT2D eigenvalue weighted by Crippen LogP contribution is -2.18. The largest absolute Gasteiger partial charge is 0.460 e. The third-order valence-electron chi connectivity index (χ3n) is 5.25. The average Bonchev–Trinajstić information content (AvgIpc) is 3.03. The number of aryl methyl sites for hydroxylation is 3. The number of fused-ring (bicyclic) bond motifs is 2. The minimum Gasteiger partial charge on any atom is -0.460 e. The van der Waals surface area contributed by atoms with E-state index in [0.717, 1.165) is 21.4 Å². The van der Waals surface area contributed by atoms with Gasteiger partial charge in [-0.3, -0.25) is 9.59 Å². The molecule has 7 nitrogen and oxygen atoms in total. The molecule has 0 spiro atoms. The second kappa shape index (κ2) is 8.91. The number of carbonyl (C=O) groups is 1. The van der Waals surface area contributed by atoms with Crippen molar-refractivity contribution in [2.24, 2.45) is 0 Å². The van der Waals surface area contributed by atoms with Gasteiger partial charge in [-0.1, -0.05) is 12.1 Å². The molecule has 0 saturated heterocycles. The average molecular weight is 471 g/mol. The van der Waals surface area contributed by atoms with Crippen LogP contribution >= 0.6 is 23.1 Å². The molecule has 0 aliphatic heterocycles. The van der Waals surface area contributed by atoms with Crippen molar-refractivity contribution in [3.05, 3.63) is 72.4 Å². The molecule has 4 aromatic rings. The summed E-state index contributed by atoms with van der Waals surface area (Å²) in [6, 6.07) is 6.88. The Labute approximate surface area is 191 Å². The number of ether oxygens (including phenoxy) is 1. The number of hydrogen-bond acceptors (Lipinski definition) is 8. The summed E-state index contributed by atoms with van der Waals surface area (Å²) in [7, 11) is 0. The van der Waals surface area contributed by atoms with Crippen molar-refractivity contribution in [2.75, 3.05) is 0 Å². The van der Waals surface area contributed by atoms with Crippen molar-refractivity contribution in [2.45, 2.75) is 45.3 Å². The van der Waals surface area contributed by atoms with Crippen LogP contribution in [0.1, 0.15) is 34.3 Å². The van der Waals surface area contributed by atoms with Gasteiger partial charge in [0.15, 0.2) is 0 Å². The molecular weight excluding hydrogens is 448 g/mol. The maximum atomic E-state index is 12.5. The van der Waals surface area contributed by atoms with Gasteiger partial charge >= 0.3 is 11.6 Å². The molecule has 0 saturated carbocycles. The Morgan fingerprint density at radius 1 is 1.25 bits per heavy atom. The van der Waals surface area contributed by atoms with E-state index in [1.165, 1.54) is 29.2 Å². The van der Waals surface area contributed by atoms with Crippen LogP contribution in [0.25, 0.3) is 21.2 Å². The number of aromatic nitrogens is 2. The highest BCUT2D eigenvalue weighted by Crippen LogP contribution is 2.27. The summed E-state index contributed by atoms with van der Waals surface area (Å²) in [4.78, 5) is 45.9. The fraction of sp³-hybridized carbons (Fsp3) is 0.304. The van der Waals surface area contributed by atoms with E-state index >= 15 is 0 Å². The molecule has 0 bridgehead atoms. The van der Waals surface area contributed by atoms with Crippen molar-refractivity contribution in [1.29, 1.82) is 0 Å². The highest BCUT2D eigenvalue weighted by atomic mass is 32.2. The van der Waals surface area contributed by atoms with Crippen molar-refractivity contribution in [3.8, 4) is 0 Å². The zero-order valence-electron chi connectivity index (χ0n) is 18.1. The number of thiophene rings is 1. The SMILES string of the molecule is Cc1ccc2c(COC(=O)[C@@H](C)SCc3nc4sc(C)c(C)c4c(=O)[nH]3)cc(=O)oc2c1. The monoisotopic (exact) mass is 470 g/mol. The molecule has 1 aromatic carbocycles. The Kier molecular flexibility index (Phi) is 6.21. The van der Waals surface area contributed by atoms with Crippen LogP contribution in [0, 0.1) is 20.8 Å². The van der Waals surface area contributed by atoms with Crippen LogP contribution in [0.4, 0.5) is 0 Å². The fourth-order valence-electron chi connectivity index (χ4n) is 3.36. The molecule has 1 N–H and O–H groups in total. The van der Waals surface area contributed by atoms with Crippen LogP contribution in [0.15, 0.2) is 38.3 Å². The Morgan fingerprint density at radius 2 is 2.03 bits per heavy atom. The maximum Gasteiger partial charge on any atom is 0.336 e. The van der Waals surface area contributed by atoms with Gasteiger partial charge in [0, 0.05) is 21.9 Å². The third-order valence-corrected chi connectivity index (χ3v) is 7.48. The van der Waals surface area contributed by atoms with Crippen LogP contribution in [0.3, 0.4) is 0 Å². The Balaban J connectivity index is 1.42. The molecule has 0 aliphatic rings. The quantitative estimate of drug-likeness (QED) is 0.329. The number of esters is 1. The van der Waals surface area contributed by atoms with E-state index in [1.54, 1.807) is 13.0 Å². The molecule has 3 aromatic heterocycles. The lowest BCUT2D eigenvalue weighted by atomic mass is 10.1. The number of aromatic amines is 1. The van der Waals surface area contributed by atoms with Crippen LogP contribution in [-0.2, 0) is 21.9 Å². The molecule has 3 heterocycles. The molecule has 1 atom stereocenters. The van der Waals surface area contributed by atoms with Crippen molar-refractivity contribution in [1.82, 2.24) is 9.97 Å². The molecular formula is C23H22N2O5S2. The predicted molar refractivity (Wildman–Crippen MR) is 127 cm³/mol. The second-order valence-electron chi connectivity index (χ2n) is 7.63. The zero-order valence-corrected chi connectivity index (χ0v) is 19.7. The van der Waals surface area contributed by atoms with Crippen LogP contribution in [0.2, 0.25) is 0 Å². The highest BCUT2D eigenvalue weighted by molar-refractivity contribution is 7.99. The van der Waals surface area contributed by atoms with Crippen LogP contribution in [0.5, 0.6) is 0 Å². The minimum atomic E-state index is -0.485. The van der Waals surface area contributed by atoms with E-state index in [4.69, 9.17) is 9.15 Å². The van der Waals surface area contributed by atoms with Crippen LogP contribution in [-0.4, -0.2) is 21.2 Å². The van der Waals surface area contributed by atoms with E-state index < -0.39 is 16.8 Å². The van der Waals surface area contributed by atoms with E-state index in [1.807, 2.05) is 32.9 Å². The van der Waals surface area contributed by atoms with Gasteiger partial charge in [-0.25, -0.2) is 9.78 Å². The summed E-state index contributed by atoms with van der Waals surface area (Å²) in [5.74, 6) is 0.486. The predicted octanol–water partition coefficient (Wildman–Crippen LogP) is 4.38. The zero-order chi connectivity index (χ0) is 23.0. The van der Waals surface area contributed by atoms with Crippen molar-refractivity contribution < 1.29 is 13.9 Å². The van der Waals surface area contributed by atoms with E-state index in [0.29, 0.717) is 32.9 Å². The Hall–Kier alpha value is -2.91. The number of nitrogens with one attached hydrogen (secondary N) is 1. The first-order chi connectivity index (χ1) is 15.2. The number of H-pyrrole nitrogens is 1. The molecule has 0 radical (unpaired) electrons. The summed E-state index contributed by atoms with van der Waals surface area (Å²) in [6.45, 7) is 7.51. The summed E-state index contributed by atoms with van der Waals surface area (Å²) in [5, 5.41) is 0.889. The van der Waals surface area contributed by atoms with Gasteiger partial charge < -0.3 is 14.1 Å². The number of hydrogen-bond donors (Lipinski definition) is 1. The first-order valence-corrected chi connectivity index (χ1v) is 11.9. The Morgan fingerprint density at radius 3 is 2.81 bits per heavy atom. The Bertz CT molecular complexity index is 1450. The van der Waals surface area contributed by atoms with Crippen molar-refractivity contribution >= 4 is 50.3 Å². The minimum absolute atomic E-state index is 0.0241. The number of rotatable bonds is 6. The number of nitrogens with zero attached hydrogens (tertiary/aromatic N) is 1. The van der Waals surface area contributed by atoms with Gasteiger partial charge in [-0.05, 0) is 44.9 Å². The first kappa shape index (κ1) is 22.3. The van der Waals surface area contributed by atoms with Gasteiger partial charge in [-0.15, -0.1) is 23.1 Å². The molecule has 0 unspecified atom stereocenters. The summed E-state index contributed by atoms with van der Waals surface area (Å²) in [5.41, 5.74) is 2.34. The normalized spacial score (nSPS) is 12.4. The molecule has 0 aliphatic carbocycles.